The summed E-state index contributed by atoms with van der Waals surface area (Å²) >= 11 is 0. The first kappa shape index (κ1) is 15.5. The Morgan fingerprint density at radius 1 is 1.09 bits per heavy atom. The molecule has 0 bridgehead atoms. The van der Waals surface area contributed by atoms with Crippen molar-refractivity contribution in [3.63, 3.8) is 0 Å². The summed E-state index contributed by atoms with van der Waals surface area (Å²) in [5, 5.41) is 14.2. The van der Waals surface area contributed by atoms with E-state index in [1.807, 2.05) is 31.2 Å². The molecule has 2 heterocycles. The maximum atomic E-state index is 11.9. The molecule has 122 valence electrons. The van der Waals surface area contributed by atoms with Crippen LogP contribution >= 0.6 is 0 Å². The molecule has 0 fully saturated rings. The van der Waals surface area contributed by atoms with Crippen LogP contribution in [0.4, 0.5) is 4.79 Å². The molecular weight excluding hydrogens is 290 g/mol. The minimum Gasteiger partial charge on any atom is -0.334 e. The van der Waals surface area contributed by atoms with E-state index >= 15 is 0 Å². The quantitative estimate of drug-likeness (QED) is 0.910. The number of urea groups is 1. The number of hydrogen-bond acceptors (Lipinski definition) is 3. The molecule has 3 rings (SSSR count). The van der Waals surface area contributed by atoms with Crippen molar-refractivity contribution in [2.45, 2.75) is 52.2 Å². The van der Waals surface area contributed by atoms with Crippen LogP contribution in [0.2, 0.25) is 0 Å². The monoisotopic (exact) mass is 313 g/mol. The zero-order valence-corrected chi connectivity index (χ0v) is 13.5. The molecule has 0 radical (unpaired) electrons. The topological polar surface area (TPSA) is 71.8 Å². The number of nitrogens with one attached hydrogen (secondary N) is 2. The molecule has 1 aromatic carbocycles. The molecule has 2 aromatic rings. The molecule has 1 aliphatic heterocycles. The number of benzene rings is 1. The van der Waals surface area contributed by atoms with Gasteiger partial charge >= 0.3 is 6.03 Å². The van der Waals surface area contributed by atoms with Gasteiger partial charge in [-0.25, -0.2) is 4.79 Å². The summed E-state index contributed by atoms with van der Waals surface area (Å²) in [5.41, 5.74) is 2.30. The maximum absolute atomic E-state index is 11.9. The van der Waals surface area contributed by atoms with Crippen LogP contribution in [0.25, 0.3) is 0 Å². The van der Waals surface area contributed by atoms with E-state index in [-0.39, 0.29) is 6.03 Å². The smallest absolute Gasteiger partial charge is 0.315 e. The SMILES string of the molecule is Cc1ccc(CNC(=O)NCc2nnc3n2CCCCC3)cc1. The minimum atomic E-state index is -0.184. The number of rotatable bonds is 4. The number of carbonyl (C=O) groups is 1. The van der Waals surface area contributed by atoms with Crippen LogP contribution in [0.1, 0.15) is 42.0 Å². The summed E-state index contributed by atoms with van der Waals surface area (Å²) in [6.45, 7) is 3.92. The average Bonchev–Trinajstić information content (AvgIpc) is 2.79. The largest absolute Gasteiger partial charge is 0.334 e. The Bertz CT molecular complexity index is 662. The second-order valence-electron chi connectivity index (χ2n) is 6.02. The van der Waals surface area contributed by atoms with Crippen molar-refractivity contribution < 1.29 is 4.79 Å². The van der Waals surface area contributed by atoms with Gasteiger partial charge in [0.2, 0.25) is 0 Å². The van der Waals surface area contributed by atoms with Crippen molar-refractivity contribution >= 4 is 6.03 Å². The summed E-state index contributed by atoms with van der Waals surface area (Å²) in [6.07, 6.45) is 4.53. The Balaban J connectivity index is 1.49. The molecule has 6 nitrogen and oxygen atoms in total. The average molecular weight is 313 g/mol. The molecule has 0 atom stereocenters. The number of aryl methyl sites for hydroxylation is 2. The van der Waals surface area contributed by atoms with Crippen LogP contribution < -0.4 is 10.6 Å². The van der Waals surface area contributed by atoms with Crippen molar-refractivity contribution in [3.8, 4) is 0 Å². The highest BCUT2D eigenvalue weighted by Crippen LogP contribution is 2.14. The van der Waals surface area contributed by atoms with Crippen molar-refractivity contribution in [1.29, 1.82) is 0 Å². The molecule has 0 saturated carbocycles. The summed E-state index contributed by atoms with van der Waals surface area (Å²) in [6, 6.07) is 7.94. The van der Waals surface area contributed by atoms with Gasteiger partial charge in [-0.05, 0) is 25.3 Å². The number of fused-ring (bicyclic) bond motifs is 1. The van der Waals surface area contributed by atoms with Crippen molar-refractivity contribution in [2.75, 3.05) is 0 Å². The lowest BCUT2D eigenvalue weighted by Gasteiger charge is -2.09. The second-order valence-corrected chi connectivity index (χ2v) is 6.02. The minimum absolute atomic E-state index is 0.184. The van der Waals surface area contributed by atoms with Crippen LogP contribution in [0, 0.1) is 6.92 Å². The third-order valence-corrected chi connectivity index (χ3v) is 4.17. The highest BCUT2D eigenvalue weighted by molar-refractivity contribution is 5.73. The van der Waals surface area contributed by atoms with Gasteiger partial charge in [-0.3, -0.25) is 0 Å². The molecule has 1 aromatic heterocycles. The standard InChI is InChI=1S/C17H23N5O/c1-13-6-8-14(9-7-13)11-18-17(23)19-12-16-21-20-15-5-3-2-4-10-22(15)16/h6-9H,2-5,10-12H2,1H3,(H2,18,19,23). The first-order valence-corrected chi connectivity index (χ1v) is 8.20. The van der Waals surface area contributed by atoms with E-state index in [0.29, 0.717) is 13.1 Å². The van der Waals surface area contributed by atoms with E-state index < -0.39 is 0 Å². The third kappa shape index (κ3) is 4.09. The van der Waals surface area contributed by atoms with E-state index in [2.05, 4.69) is 25.4 Å². The second kappa shape index (κ2) is 7.26. The molecule has 0 spiro atoms. The molecule has 23 heavy (non-hydrogen) atoms. The molecular formula is C17H23N5O. The third-order valence-electron chi connectivity index (χ3n) is 4.17. The molecule has 2 amide bonds. The fourth-order valence-electron chi connectivity index (χ4n) is 2.79. The van der Waals surface area contributed by atoms with Crippen molar-refractivity contribution in [2.24, 2.45) is 0 Å². The van der Waals surface area contributed by atoms with Crippen LogP contribution in [0.3, 0.4) is 0 Å². The first-order chi connectivity index (χ1) is 11.2. The van der Waals surface area contributed by atoms with E-state index in [9.17, 15) is 4.79 Å². The number of aromatic nitrogens is 3. The van der Waals surface area contributed by atoms with Crippen LogP contribution in [-0.2, 0) is 26.1 Å². The number of carbonyl (C=O) groups excluding carboxylic acids is 1. The van der Waals surface area contributed by atoms with Gasteiger partial charge in [0.05, 0.1) is 6.54 Å². The zero-order valence-electron chi connectivity index (χ0n) is 13.5. The van der Waals surface area contributed by atoms with Gasteiger partial charge < -0.3 is 15.2 Å². The summed E-state index contributed by atoms with van der Waals surface area (Å²) in [5.74, 6) is 1.88. The first-order valence-electron chi connectivity index (χ1n) is 8.20. The predicted octanol–water partition coefficient (Wildman–Crippen LogP) is 2.31. The van der Waals surface area contributed by atoms with Crippen LogP contribution in [0.15, 0.2) is 24.3 Å². The maximum Gasteiger partial charge on any atom is 0.315 e. The van der Waals surface area contributed by atoms with Gasteiger partial charge in [-0.1, -0.05) is 36.2 Å². The van der Waals surface area contributed by atoms with Crippen LogP contribution in [-0.4, -0.2) is 20.8 Å². The molecule has 6 heteroatoms. The van der Waals surface area contributed by atoms with E-state index in [1.54, 1.807) is 0 Å². The normalized spacial score (nSPS) is 14.0. The summed E-state index contributed by atoms with van der Waals surface area (Å²) < 4.78 is 2.15. The molecule has 2 N–H and O–H groups in total. The van der Waals surface area contributed by atoms with Gasteiger partial charge in [-0.2, -0.15) is 0 Å². The van der Waals surface area contributed by atoms with Gasteiger partial charge in [-0.15, -0.1) is 10.2 Å². The molecule has 0 aliphatic carbocycles. The fraction of sp³-hybridized carbons (Fsp3) is 0.471. The Morgan fingerprint density at radius 2 is 1.87 bits per heavy atom. The van der Waals surface area contributed by atoms with E-state index in [1.165, 1.54) is 18.4 Å². The van der Waals surface area contributed by atoms with Gasteiger partial charge in [0, 0.05) is 19.5 Å². The zero-order chi connectivity index (χ0) is 16.1. The number of nitrogens with zero attached hydrogens (tertiary/aromatic N) is 3. The lowest BCUT2D eigenvalue weighted by Crippen LogP contribution is -2.35. The van der Waals surface area contributed by atoms with Crippen molar-refractivity contribution in [3.05, 3.63) is 47.0 Å². The van der Waals surface area contributed by atoms with E-state index in [0.717, 1.165) is 36.6 Å². The highest BCUT2D eigenvalue weighted by atomic mass is 16.2. The van der Waals surface area contributed by atoms with Crippen molar-refractivity contribution in [1.82, 2.24) is 25.4 Å². The Morgan fingerprint density at radius 3 is 2.70 bits per heavy atom. The highest BCUT2D eigenvalue weighted by Gasteiger charge is 2.14. The Labute approximate surface area is 136 Å². The van der Waals surface area contributed by atoms with Gasteiger partial charge in [0.1, 0.15) is 5.82 Å². The Kier molecular flexibility index (Phi) is 4.90. The summed E-state index contributed by atoms with van der Waals surface area (Å²) in [7, 11) is 0. The molecule has 1 aliphatic rings. The lowest BCUT2D eigenvalue weighted by atomic mass is 10.1. The number of hydrogen-bond donors (Lipinski definition) is 2. The predicted molar refractivity (Wildman–Crippen MR) is 87.8 cm³/mol. The number of amides is 2. The van der Waals surface area contributed by atoms with E-state index in [4.69, 9.17) is 0 Å². The fourth-order valence-corrected chi connectivity index (χ4v) is 2.79. The lowest BCUT2D eigenvalue weighted by molar-refractivity contribution is 0.239. The van der Waals surface area contributed by atoms with Gasteiger partial charge in [0.25, 0.3) is 0 Å². The molecule has 0 unspecified atom stereocenters. The Hall–Kier alpha value is -2.37. The van der Waals surface area contributed by atoms with Gasteiger partial charge in [0.15, 0.2) is 5.82 Å². The summed E-state index contributed by atoms with van der Waals surface area (Å²) in [4.78, 5) is 11.9. The molecule has 0 saturated heterocycles. The van der Waals surface area contributed by atoms with Crippen LogP contribution in [0.5, 0.6) is 0 Å².